The van der Waals surface area contributed by atoms with Crippen LogP contribution in [0.3, 0.4) is 0 Å². The molecule has 0 spiro atoms. The van der Waals surface area contributed by atoms with Gasteiger partial charge in [0.25, 0.3) is 0 Å². The van der Waals surface area contributed by atoms with E-state index in [0.29, 0.717) is 18.0 Å². The van der Waals surface area contributed by atoms with Gasteiger partial charge < -0.3 is 9.32 Å². The first-order valence-electron chi connectivity index (χ1n) is 8.07. The minimum atomic E-state index is -0.692. The fraction of sp³-hybridized carbons (Fsp3) is 0.471. The van der Waals surface area contributed by atoms with Crippen LogP contribution in [-0.4, -0.2) is 33.2 Å². The zero-order valence-corrected chi connectivity index (χ0v) is 13.7. The van der Waals surface area contributed by atoms with Gasteiger partial charge in [0.1, 0.15) is 12.4 Å². The van der Waals surface area contributed by atoms with Gasteiger partial charge in [0.2, 0.25) is 11.8 Å². The van der Waals surface area contributed by atoms with Crippen molar-refractivity contribution in [3.05, 3.63) is 40.6 Å². The predicted molar refractivity (Wildman–Crippen MR) is 85.7 cm³/mol. The van der Waals surface area contributed by atoms with E-state index in [1.54, 1.807) is 0 Å². The summed E-state index contributed by atoms with van der Waals surface area (Å²) in [6.07, 6.45) is 2.01. The van der Waals surface area contributed by atoms with Crippen molar-refractivity contribution in [1.82, 2.24) is 14.7 Å². The molecule has 0 saturated heterocycles. The van der Waals surface area contributed by atoms with Crippen molar-refractivity contribution >= 4 is 5.91 Å². The van der Waals surface area contributed by atoms with Crippen LogP contribution in [0.1, 0.15) is 26.7 Å². The Bertz CT molecular complexity index is 775. The normalized spacial score (nSPS) is 14.2. The van der Waals surface area contributed by atoms with E-state index < -0.39 is 5.76 Å². The average molecular weight is 333 g/mol. The van der Waals surface area contributed by atoms with Crippen molar-refractivity contribution in [3.63, 3.8) is 0 Å². The molecule has 1 aromatic heterocycles. The van der Waals surface area contributed by atoms with Crippen LogP contribution >= 0.6 is 0 Å². The van der Waals surface area contributed by atoms with Gasteiger partial charge in [-0.3, -0.25) is 4.79 Å². The molecule has 0 aliphatic heterocycles. The Labute approximate surface area is 138 Å². The third kappa shape index (κ3) is 3.72. The van der Waals surface area contributed by atoms with Gasteiger partial charge in [-0.1, -0.05) is 13.8 Å². The van der Waals surface area contributed by atoms with Gasteiger partial charge in [0, 0.05) is 18.2 Å². The molecule has 1 aliphatic carbocycles. The molecule has 1 heterocycles. The molecule has 1 saturated carbocycles. The zero-order chi connectivity index (χ0) is 17.3. The van der Waals surface area contributed by atoms with Crippen molar-refractivity contribution in [2.75, 3.05) is 6.54 Å². The molecule has 0 radical (unpaired) electrons. The monoisotopic (exact) mass is 333 g/mol. The Hall–Kier alpha value is -2.44. The van der Waals surface area contributed by atoms with E-state index in [4.69, 9.17) is 4.42 Å². The lowest BCUT2D eigenvalue weighted by molar-refractivity contribution is -0.133. The molecule has 3 rings (SSSR count). The SMILES string of the molecule is CC(C)CN(C(=O)Cn1nc(-c2ccc(F)cc2)oc1=O)C1CC1. The lowest BCUT2D eigenvalue weighted by Crippen LogP contribution is -2.39. The van der Waals surface area contributed by atoms with Crippen molar-refractivity contribution in [2.24, 2.45) is 5.92 Å². The van der Waals surface area contributed by atoms with Gasteiger partial charge in [-0.15, -0.1) is 5.10 Å². The standard InChI is InChI=1S/C17H20FN3O3/c1-11(2)9-20(14-7-8-14)15(22)10-21-17(23)24-16(19-21)12-3-5-13(18)6-4-12/h3-6,11,14H,7-10H2,1-2H3. The first-order valence-corrected chi connectivity index (χ1v) is 8.07. The molecule has 1 amide bonds. The predicted octanol–water partition coefficient (Wildman–Crippen LogP) is 2.29. The highest BCUT2D eigenvalue weighted by atomic mass is 19.1. The number of carbonyl (C=O) groups is 1. The molecule has 2 aromatic rings. The molecule has 128 valence electrons. The maximum absolute atomic E-state index is 13.0. The Morgan fingerprint density at radius 2 is 2.04 bits per heavy atom. The second-order valence-corrected chi connectivity index (χ2v) is 6.51. The number of carbonyl (C=O) groups excluding carboxylic acids is 1. The lowest BCUT2D eigenvalue weighted by Gasteiger charge is -2.24. The highest BCUT2D eigenvalue weighted by Crippen LogP contribution is 2.27. The van der Waals surface area contributed by atoms with E-state index in [-0.39, 0.29) is 30.2 Å². The second-order valence-electron chi connectivity index (χ2n) is 6.51. The van der Waals surface area contributed by atoms with E-state index in [1.165, 1.54) is 24.3 Å². The summed E-state index contributed by atoms with van der Waals surface area (Å²) in [5.74, 6) is -0.771. The Morgan fingerprint density at radius 3 is 2.62 bits per heavy atom. The molecule has 0 unspecified atom stereocenters. The number of amides is 1. The average Bonchev–Trinajstić information content (AvgIpc) is 3.30. The third-order valence-electron chi connectivity index (χ3n) is 3.85. The van der Waals surface area contributed by atoms with Crippen LogP contribution in [0.15, 0.2) is 33.5 Å². The zero-order valence-electron chi connectivity index (χ0n) is 13.7. The van der Waals surface area contributed by atoms with Gasteiger partial charge in [0.15, 0.2) is 0 Å². The van der Waals surface area contributed by atoms with E-state index >= 15 is 0 Å². The number of rotatable bonds is 6. The lowest BCUT2D eigenvalue weighted by atomic mass is 10.2. The fourth-order valence-corrected chi connectivity index (χ4v) is 2.57. The van der Waals surface area contributed by atoms with Crippen LogP contribution in [0.25, 0.3) is 11.5 Å². The summed E-state index contributed by atoms with van der Waals surface area (Å²) in [6, 6.07) is 5.75. The summed E-state index contributed by atoms with van der Waals surface area (Å²) in [7, 11) is 0. The fourth-order valence-electron chi connectivity index (χ4n) is 2.57. The van der Waals surface area contributed by atoms with Gasteiger partial charge in [0.05, 0.1) is 0 Å². The number of benzene rings is 1. The first-order chi connectivity index (χ1) is 11.4. The van der Waals surface area contributed by atoms with Crippen LogP contribution in [0.5, 0.6) is 0 Å². The Morgan fingerprint density at radius 1 is 1.38 bits per heavy atom. The number of hydrogen-bond donors (Lipinski definition) is 0. The molecule has 1 aliphatic rings. The van der Waals surface area contributed by atoms with Crippen LogP contribution in [0.2, 0.25) is 0 Å². The number of nitrogens with zero attached hydrogens (tertiary/aromatic N) is 3. The molecule has 0 N–H and O–H groups in total. The summed E-state index contributed by atoms with van der Waals surface area (Å²) in [5, 5.41) is 4.06. The Kier molecular flexibility index (Phi) is 4.51. The van der Waals surface area contributed by atoms with E-state index in [2.05, 4.69) is 18.9 Å². The highest BCUT2D eigenvalue weighted by Gasteiger charge is 2.33. The molecule has 24 heavy (non-hydrogen) atoms. The van der Waals surface area contributed by atoms with Gasteiger partial charge >= 0.3 is 5.76 Å². The van der Waals surface area contributed by atoms with Crippen LogP contribution < -0.4 is 5.76 Å². The summed E-state index contributed by atoms with van der Waals surface area (Å²) in [4.78, 5) is 26.3. The quantitative estimate of drug-likeness (QED) is 0.813. The summed E-state index contributed by atoms with van der Waals surface area (Å²) in [5.41, 5.74) is 0.487. The van der Waals surface area contributed by atoms with Crippen LogP contribution in [0.4, 0.5) is 4.39 Å². The second kappa shape index (κ2) is 6.59. The smallest absolute Gasteiger partial charge is 0.388 e. The molecule has 1 aromatic carbocycles. The van der Waals surface area contributed by atoms with Gasteiger partial charge in [-0.25, -0.2) is 9.18 Å². The van der Waals surface area contributed by atoms with Crippen molar-refractivity contribution < 1.29 is 13.6 Å². The van der Waals surface area contributed by atoms with E-state index in [9.17, 15) is 14.0 Å². The molecular weight excluding hydrogens is 313 g/mol. The van der Waals surface area contributed by atoms with Crippen LogP contribution in [-0.2, 0) is 11.3 Å². The molecule has 7 heteroatoms. The van der Waals surface area contributed by atoms with E-state index in [0.717, 1.165) is 17.5 Å². The molecule has 0 atom stereocenters. The first kappa shape index (κ1) is 16.4. The molecule has 0 bridgehead atoms. The van der Waals surface area contributed by atoms with Crippen molar-refractivity contribution in [3.8, 4) is 11.5 Å². The van der Waals surface area contributed by atoms with Crippen molar-refractivity contribution in [2.45, 2.75) is 39.3 Å². The van der Waals surface area contributed by atoms with Gasteiger partial charge in [-0.05, 0) is 43.0 Å². The third-order valence-corrected chi connectivity index (χ3v) is 3.85. The van der Waals surface area contributed by atoms with E-state index in [1.807, 2.05) is 4.90 Å². The maximum Gasteiger partial charge on any atom is 0.437 e. The molecular formula is C17H20FN3O3. The summed E-state index contributed by atoms with van der Waals surface area (Å²) < 4.78 is 19.1. The van der Waals surface area contributed by atoms with Gasteiger partial charge in [-0.2, -0.15) is 4.68 Å². The Balaban J connectivity index is 1.76. The number of halogens is 1. The number of hydrogen-bond acceptors (Lipinski definition) is 4. The van der Waals surface area contributed by atoms with Crippen LogP contribution in [0, 0.1) is 11.7 Å². The van der Waals surface area contributed by atoms with Crippen molar-refractivity contribution in [1.29, 1.82) is 0 Å². The minimum Gasteiger partial charge on any atom is -0.388 e. The number of aromatic nitrogens is 2. The summed E-state index contributed by atoms with van der Waals surface area (Å²) in [6.45, 7) is 4.63. The summed E-state index contributed by atoms with van der Waals surface area (Å²) >= 11 is 0. The largest absolute Gasteiger partial charge is 0.437 e. The maximum atomic E-state index is 13.0. The highest BCUT2D eigenvalue weighted by molar-refractivity contribution is 5.76. The molecule has 1 fully saturated rings. The topological polar surface area (TPSA) is 68.3 Å². The minimum absolute atomic E-state index is 0.0784. The molecule has 6 nitrogen and oxygen atoms in total.